The van der Waals surface area contributed by atoms with Gasteiger partial charge in [0.15, 0.2) is 0 Å². The topological polar surface area (TPSA) is 50.7 Å². The molecule has 1 rings (SSSR count). The highest BCUT2D eigenvalue weighted by atomic mass is 16.7. The highest BCUT2D eigenvalue weighted by molar-refractivity contribution is 4.97. The van der Waals surface area contributed by atoms with Gasteiger partial charge in [-0.25, -0.2) is 0 Å². The second-order valence-corrected chi connectivity index (χ2v) is 8.01. The Morgan fingerprint density at radius 1 is 1.00 bits per heavy atom. The quantitative estimate of drug-likeness (QED) is 0.216. The zero-order valence-corrected chi connectivity index (χ0v) is 17.8. The molecule has 0 radical (unpaired) electrons. The van der Waals surface area contributed by atoms with Crippen LogP contribution >= 0.6 is 0 Å². The van der Waals surface area contributed by atoms with Gasteiger partial charge in [0.05, 0.1) is 12.2 Å². The summed E-state index contributed by atoms with van der Waals surface area (Å²) in [5.74, 6) is 2.55. The summed E-state index contributed by atoms with van der Waals surface area (Å²) in [6.07, 6.45) is 21.9. The molecule has 27 heavy (non-hydrogen) atoms. The van der Waals surface area contributed by atoms with Gasteiger partial charge in [-0.3, -0.25) is 0 Å². The van der Waals surface area contributed by atoms with Gasteiger partial charge in [0, 0.05) is 25.6 Å². The summed E-state index contributed by atoms with van der Waals surface area (Å²) in [4.78, 5) is 0. The predicted octanol–water partition coefficient (Wildman–Crippen LogP) is 4.79. The van der Waals surface area contributed by atoms with Crippen LogP contribution in [0.1, 0.15) is 96.8 Å². The van der Waals surface area contributed by atoms with Crippen molar-refractivity contribution in [1.82, 2.24) is 5.32 Å². The maximum Gasteiger partial charge on any atom is 0.146 e. The third kappa shape index (κ3) is 11.1. The summed E-state index contributed by atoms with van der Waals surface area (Å²) >= 11 is 0. The molecule has 0 bridgehead atoms. The van der Waals surface area contributed by atoms with Gasteiger partial charge in [-0.1, -0.05) is 71.1 Å². The number of ether oxygens (including phenoxy) is 2. The molecule has 4 atom stereocenters. The lowest BCUT2D eigenvalue weighted by atomic mass is 10.0. The summed E-state index contributed by atoms with van der Waals surface area (Å²) in [5, 5.41) is 13.7. The van der Waals surface area contributed by atoms with Gasteiger partial charge in [0.1, 0.15) is 6.79 Å². The number of terminal acetylenes is 1. The van der Waals surface area contributed by atoms with Gasteiger partial charge >= 0.3 is 0 Å². The maximum atomic E-state index is 10.1. The highest BCUT2D eigenvalue weighted by Crippen LogP contribution is 2.24. The summed E-state index contributed by atoms with van der Waals surface area (Å²) < 4.78 is 11.1. The van der Waals surface area contributed by atoms with Crippen molar-refractivity contribution < 1.29 is 14.6 Å². The smallest absolute Gasteiger partial charge is 0.146 e. The Balaban J connectivity index is 2.18. The van der Waals surface area contributed by atoms with Crippen LogP contribution in [-0.4, -0.2) is 43.3 Å². The van der Waals surface area contributed by atoms with Crippen molar-refractivity contribution in [3.05, 3.63) is 0 Å². The number of hydrogen-bond donors (Lipinski definition) is 2. The van der Waals surface area contributed by atoms with Crippen molar-refractivity contribution in [1.29, 1.82) is 0 Å². The van der Waals surface area contributed by atoms with Gasteiger partial charge in [0.25, 0.3) is 0 Å². The number of hydrogen-bond acceptors (Lipinski definition) is 4. The largest absolute Gasteiger partial charge is 0.391 e. The molecule has 0 aromatic rings. The monoisotopic (exact) mass is 381 g/mol. The summed E-state index contributed by atoms with van der Waals surface area (Å²) in [7, 11) is 1.67. The number of rotatable bonds is 17. The summed E-state index contributed by atoms with van der Waals surface area (Å²) in [6, 6.07) is 0.378. The van der Waals surface area contributed by atoms with Gasteiger partial charge in [-0.05, 0) is 19.3 Å². The minimum absolute atomic E-state index is 0.0902. The highest BCUT2D eigenvalue weighted by Gasteiger charge is 2.33. The van der Waals surface area contributed by atoms with Crippen LogP contribution in [-0.2, 0) is 9.47 Å². The van der Waals surface area contributed by atoms with Crippen molar-refractivity contribution >= 4 is 0 Å². The zero-order valence-electron chi connectivity index (χ0n) is 17.8. The summed E-state index contributed by atoms with van der Waals surface area (Å²) in [5.41, 5.74) is 0. The first-order chi connectivity index (χ1) is 13.2. The molecule has 0 spiro atoms. The standard InChI is InChI=1S/C23H43NO3/c1-4-6-7-8-9-10-11-12-13-14-16-23(27-19-26-3)21-18-17-20(24-21)22(25)15-5-2/h2,20-25H,4,6-19H2,1,3H3/t20-,21+,22-,23+/m0/s1. The first kappa shape index (κ1) is 24.4. The van der Waals surface area contributed by atoms with Crippen molar-refractivity contribution in [2.75, 3.05) is 13.9 Å². The lowest BCUT2D eigenvalue weighted by Crippen LogP contribution is -2.44. The molecule has 1 heterocycles. The molecule has 1 fully saturated rings. The van der Waals surface area contributed by atoms with E-state index in [1.54, 1.807) is 7.11 Å². The van der Waals surface area contributed by atoms with Crippen LogP contribution in [0.25, 0.3) is 0 Å². The van der Waals surface area contributed by atoms with Crippen LogP contribution < -0.4 is 5.32 Å². The maximum absolute atomic E-state index is 10.1. The third-order valence-corrected chi connectivity index (χ3v) is 5.70. The van der Waals surface area contributed by atoms with E-state index in [2.05, 4.69) is 18.2 Å². The summed E-state index contributed by atoms with van der Waals surface area (Å²) in [6.45, 7) is 2.60. The molecule has 158 valence electrons. The van der Waals surface area contributed by atoms with E-state index in [4.69, 9.17) is 15.9 Å². The number of unbranched alkanes of at least 4 members (excludes halogenated alkanes) is 9. The Hall–Kier alpha value is -0.600. The molecule has 0 unspecified atom stereocenters. The number of nitrogens with one attached hydrogen (secondary N) is 1. The molecule has 4 nitrogen and oxygen atoms in total. The number of aliphatic hydroxyl groups excluding tert-OH is 1. The Morgan fingerprint density at radius 2 is 1.59 bits per heavy atom. The molecule has 0 saturated carbocycles. The molecule has 2 N–H and O–H groups in total. The van der Waals surface area contributed by atoms with E-state index in [0.29, 0.717) is 13.2 Å². The second kappa shape index (κ2) is 16.4. The molecule has 0 aromatic carbocycles. The number of aliphatic hydroxyl groups is 1. The van der Waals surface area contributed by atoms with E-state index >= 15 is 0 Å². The van der Waals surface area contributed by atoms with E-state index in [1.807, 2.05) is 0 Å². The minimum Gasteiger partial charge on any atom is -0.391 e. The predicted molar refractivity (Wildman–Crippen MR) is 113 cm³/mol. The van der Waals surface area contributed by atoms with E-state index in [9.17, 15) is 5.11 Å². The SMILES string of the molecule is C#CC[C@H](O)[C@@H]1CC[C@H]([C@@H](CCCCCCCCCCCC)OCOC)N1. The van der Waals surface area contributed by atoms with Crippen LogP contribution in [0.2, 0.25) is 0 Å². The normalized spacial score (nSPS) is 21.9. The zero-order chi connectivity index (χ0) is 19.7. The number of methoxy groups -OCH3 is 1. The van der Waals surface area contributed by atoms with Gasteiger partial charge in [-0.2, -0.15) is 0 Å². The molecule has 4 heteroatoms. The Morgan fingerprint density at radius 3 is 2.19 bits per heavy atom. The average Bonchev–Trinajstić information content (AvgIpc) is 3.16. The molecule has 0 aliphatic carbocycles. The van der Waals surface area contributed by atoms with Crippen LogP contribution in [0.15, 0.2) is 0 Å². The van der Waals surface area contributed by atoms with Crippen LogP contribution in [0.5, 0.6) is 0 Å². The average molecular weight is 382 g/mol. The minimum atomic E-state index is -0.458. The first-order valence-electron chi connectivity index (χ1n) is 11.2. The fourth-order valence-electron chi connectivity index (χ4n) is 4.05. The molecule has 1 saturated heterocycles. The van der Waals surface area contributed by atoms with Crippen LogP contribution in [0.4, 0.5) is 0 Å². The fraction of sp³-hybridized carbons (Fsp3) is 0.913. The molecule has 0 aromatic heterocycles. The molecule has 1 aliphatic rings. The molecular weight excluding hydrogens is 338 g/mol. The van der Waals surface area contributed by atoms with Crippen molar-refractivity contribution in [3.8, 4) is 12.3 Å². The lowest BCUT2D eigenvalue weighted by Gasteiger charge is -2.26. The Bertz CT molecular complexity index is 382. The van der Waals surface area contributed by atoms with E-state index in [-0.39, 0.29) is 18.2 Å². The fourth-order valence-corrected chi connectivity index (χ4v) is 4.05. The van der Waals surface area contributed by atoms with E-state index < -0.39 is 6.10 Å². The Kier molecular flexibility index (Phi) is 14.8. The molecular formula is C23H43NO3. The van der Waals surface area contributed by atoms with Crippen molar-refractivity contribution in [2.45, 2.75) is 121 Å². The van der Waals surface area contributed by atoms with Crippen LogP contribution in [0.3, 0.4) is 0 Å². The van der Waals surface area contributed by atoms with Crippen molar-refractivity contribution in [2.24, 2.45) is 0 Å². The van der Waals surface area contributed by atoms with Gasteiger partial charge in [0.2, 0.25) is 0 Å². The van der Waals surface area contributed by atoms with Gasteiger partial charge in [-0.15, -0.1) is 12.3 Å². The van der Waals surface area contributed by atoms with Gasteiger partial charge < -0.3 is 19.9 Å². The third-order valence-electron chi connectivity index (χ3n) is 5.70. The van der Waals surface area contributed by atoms with Crippen LogP contribution in [0, 0.1) is 12.3 Å². The lowest BCUT2D eigenvalue weighted by molar-refractivity contribution is -0.0854. The molecule has 0 amide bonds. The van der Waals surface area contributed by atoms with E-state index in [0.717, 1.165) is 19.3 Å². The second-order valence-electron chi connectivity index (χ2n) is 8.01. The van der Waals surface area contributed by atoms with Crippen molar-refractivity contribution in [3.63, 3.8) is 0 Å². The Labute approximate surface area is 167 Å². The first-order valence-corrected chi connectivity index (χ1v) is 11.2. The molecule has 1 aliphatic heterocycles. The van der Waals surface area contributed by atoms with E-state index in [1.165, 1.54) is 64.2 Å².